The Morgan fingerprint density at radius 1 is 1.12 bits per heavy atom. The van der Waals surface area contributed by atoms with E-state index in [1.807, 2.05) is 12.4 Å². The molecule has 0 bridgehead atoms. The third-order valence-electron chi connectivity index (χ3n) is 2.87. The number of unbranched alkanes of at least 4 members (excludes halogenated alkanes) is 5. The predicted molar refractivity (Wildman–Crippen MR) is 69.8 cm³/mol. The molecule has 0 fully saturated rings. The molecule has 0 radical (unpaired) electrons. The molecule has 0 unspecified atom stereocenters. The van der Waals surface area contributed by atoms with Crippen LogP contribution in [0.4, 0.5) is 5.95 Å². The summed E-state index contributed by atoms with van der Waals surface area (Å²) in [5.41, 5.74) is 0. The highest BCUT2D eigenvalue weighted by Crippen LogP contribution is 2.07. The second-order valence-electron chi connectivity index (χ2n) is 4.23. The summed E-state index contributed by atoms with van der Waals surface area (Å²) in [4.78, 5) is 4.29. The van der Waals surface area contributed by atoms with Crippen molar-refractivity contribution in [3.8, 4) is 0 Å². The van der Waals surface area contributed by atoms with Gasteiger partial charge < -0.3 is 9.88 Å². The highest BCUT2D eigenvalue weighted by Gasteiger charge is 1.98. The van der Waals surface area contributed by atoms with Crippen molar-refractivity contribution in [1.29, 1.82) is 0 Å². The molecule has 3 heteroatoms. The highest BCUT2D eigenvalue weighted by molar-refractivity contribution is 5.25. The van der Waals surface area contributed by atoms with Crippen LogP contribution in [0.3, 0.4) is 0 Å². The van der Waals surface area contributed by atoms with Gasteiger partial charge in [-0.1, -0.05) is 39.0 Å². The molecule has 16 heavy (non-hydrogen) atoms. The molecule has 0 saturated carbocycles. The van der Waals surface area contributed by atoms with Gasteiger partial charge in [-0.3, -0.25) is 0 Å². The standard InChI is InChI=1S/C13H25N3/c1-3-5-6-7-8-9-10-14-13-15-11-12-16(13)4-2/h11-12H,3-10H2,1-2H3,(H,14,15). The third kappa shape index (κ3) is 4.69. The van der Waals surface area contributed by atoms with Crippen LogP contribution in [0.5, 0.6) is 0 Å². The van der Waals surface area contributed by atoms with Crippen LogP contribution in [-0.2, 0) is 6.54 Å². The minimum atomic E-state index is 0.985. The molecular weight excluding hydrogens is 198 g/mol. The molecule has 0 atom stereocenters. The van der Waals surface area contributed by atoms with Crippen LogP contribution in [0.25, 0.3) is 0 Å². The maximum absolute atomic E-state index is 4.29. The van der Waals surface area contributed by atoms with Crippen molar-refractivity contribution >= 4 is 5.95 Å². The number of nitrogens with one attached hydrogen (secondary N) is 1. The predicted octanol–water partition coefficient (Wildman–Crippen LogP) is 3.68. The average molecular weight is 223 g/mol. The van der Waals surface area contributed by atoms with Gasteiger partial charge in [0.2, 0.25) is 5.95 Å². The molecule has 0 amide bonds. The average Bonchev–Trinajstić information content (AvgIpc) is 2.75. The number of anilines is 1. The molecule has 0 aliphatic heterocycles. The second-order valence-corrected chi connectivity index (χ2v) is 4.23. The van der Waals surface area contributed by atoms with Gasteiger partial charge in [0, 0.05) is 25.5 Å². The first-order valence-electron chi connectivity index (χ1n) is 6.63. The molecule has 3 nitrogen and oxygen atoms in total. The number of hydrogen-bond donors (Lipinski definition) is 1. The Morgan fingerprint density at radius 3 is 2.62 bits per heavy atom. The van der Waals surface area contributed by atoms with Crippen molar-refractivity contribution in [3.63, 3.8) is 0 Å². The summed E-state index contributed by atoms with van der Waals surface area (Å²) in [5.74, 6) is 1.01. The first-order chi connectivity index (χ1) is 7.88. The zero-order chi connectivity index (χ0) is 11.6. The Labute approximate surface area is 99.3 Å². The summed E-state index contributed by atoms with van der Waals surface area (Å²) in [5, 5.41) is 3.39. The van der Waals surface area contributed by atoms with E-state index >= 15 is 0 Å². The van der Waals surface area contributed by atoms with E-state index in [-0.39, 0.29) is 0 Å². The van der Waals surface area contributed by atoms with Crippen LogP contribution in [0.15, 0.2) is 12.4 Å². The maximum atomic E-state index is 4.29. The maximum Gasteiger partial charge on any atom is 0.202 e. The number of aryl methyl sites for hydroxylation is 1. The molecule has 1 N–H and O–H groups in total. The Hall–Kier alpha value is -0.990. The lowest BCUT2D eigenvalue weighted by atomic mass is 10.1. The van der Waals surface area contributed by atoms with E-state index in [0.717, 1.165) is 19.0 Å². The van der Waals surface area contributed by atoms with E-state index in [0.29, 0.717) is 0 Å². The molecule has 1 aromatic rings. The van der Waals surface area contributed by atoms with E-state index in [1.165, 1.54) is 38.5 Å². The van der Waals surface area contributed by atoms with Crippen molar-refractivity contribution in [2.45, 2.75) is 58.9 Å². The van der Waals surface area contributed by atoms with E-state index in [9.17, 15) is 0 Å². The smallest absolute Gasteiger partial charge is 0.202 e. The van der Waals surface area contributed by atoms with Crippen LogP contribution >= 0.6 is 0 Å². The Bertz CT molecular complexity index is 268. The summed E-state index contributed by atoms with van der Waals surface area (Å²) in [6, 6.07) is 0. The number of rotatable bonds is 9. The van der Waals surface area contributed by atoms with Gasteiger partial charge in [0.1, 0.15) is 0 Å². The second kappa shape index (κ2) is 8.20. The molecular formula is C13H25N3. The summed E-state index contributed by atoms with van der Waals surface area (Å²) in [7, 11) is 0. The number of aromatic nitrogens is 2. The largest absolute Gasteiger partial charge is 0.356 e. The lowest BCUT2D eigenvalue weighted by Crippen LogP contribution is -2.07. The number of hydrogen-bond acceptors (Lipinski definition) is 2. The SMILES string of the molecule is CCCCCCCCNc1nccn1CC. The lowest BCUT2D eigenvalue weighted by Gasteiger charge is -2.07. The fraction of sp³-hybridized carbons (Fsp3) is 0.769. The topological polar surface area (TPSA) is 29.9 Å². The minimum Gasteiger partial charge on any atom is -0.356 e. The van der Waals surface area contributed by atoms with Gasteiger partial charge in [-0.05, 0) is 13.3 Å². The van der Waals surface area contributed by atoms with Gasteiger partial charge >= 0.3 is 0 Å². The Balaban J connectivity index is 2.03. The van der Waals surface area contributed by atoms with Gasteiger partial charge in [0.05, 0.1) is 0 Å². The molecule has 0 aromatic carbocycles. The molecule has 0 aliphatic carbocycles. The van der Waals surface area contributed by atoms with Crippen LogP contribution in [0.1, 0.15) is 52.4 Å². The molecule has 1 heterocycles. The number of imidazole rings is 1. The van der Waals surface area contributed by atoms with Gasteiger partial charge in [-0.25, -0.2) is 4.98 Å². The molecule has 0 spiro atoms. The summed E-state index contributed by atoms with van der Waals surface area (Å²) in [6.07, 6.45) is 11.9. The van der Waals surface area contributed by atoms with E-state index in [2.05, 4.69) is 28.7 Å². The van der Waals surface area contributed by atoms with Crippen molar-refractivity contribution in [3.05, 3.63) is 12.4 Å². The van der Waals surface area contributed by atoms with Crippen LogP contribution in [0, 0.1) is 0 Å². The lowest BCUT2D eigenvalue weighted by molar-refractivity contribution is 0.615. The van der Waals surface area contributed by atoms with Gasteiger partial charge in [0.25, 0.3) is 0 Å². The van der Waals surface area contributed by atoms with Crippen LogP contribution in [0.2, 0.25) is 0 Å². The Morgan fingerprint density at radius 2 is 1.88 bits per heavy atom. The zero-order valence-electron chi connectivity index (χ0n) is 10.7. The molecule has 0 saturated heterocycles. The highest BCUT2D eigenvalue weighted by atomic mass is 15.2. The van der Waals surface area contributed by atoms with E-state index in [1.54, 1.807) is 0 Å². The van der Waals surface area contributed by atoms with E-state index in [4.69, 9.17) is 0 Å². The van der Waals surface area contributed by atoms with Crippen molar-refractivity contribution < 1.29 is 0 Å². The van der Waals surface area contributed by atoms with Crippen molar-refractivity contribution in [2.24, 2.45) is 0 Å². The molecule has 0 aliphatic rings. The van der Waals surface area contributed by atoms with Crippen molar-refractivity contribution in [1.82, 2.24) is 9.55 Å². The third-order valence-corrected chi connectivity index (χ3v) is 2.87. The monoisotopic (exact) mass is 223 g/mol. The molecule has 92 valence electrons. The summed E-state index contributed by atoms with van der Waals surface area (Å²) in [6.45, 7) is 6.42. The molecule has 1 aromatic heterocycles. The zero-order valence-corrected chi connectivity index (χ0v) is 10.7. The molecule has 1 rings (SSSR count). The van der Waals surface area contributed by atoms with Crippen LogP contribution in [-0.4, -0.2) is 16.1 Å². The van der Waals surface area contributed by atoms with Gasteiger partial charge in [-0.2, -0.15) is 0 Å². The summed E-state index contributed by atoms with van der Waals surface area (Å²) < 4.78 is 2.14. The first kappa shape index (κ1) is 13.1. The van der Waals surface area contributed by atoms with Gasteiger partial charge in [0.15, 0.2) is 0 Å². The normalized spacial score (nSPS) is 10.6. The van der Waals surface area contributed by atoms with E-state index < -0.39 is 0 Å². The van der Waals surface area contributed by atoms with Crippen molar-refractivity contribution in [2.75, 3.05) is 11.9 Å². The number of nitrogens with zero attached hydrogens (tertiary/aromatic N) is 2. The first-order valence-corrected chi connectivity index (χ1v) is 6.63. The van der Waals surface area contributed by atoms with Gasteiger partial charge in [-0.15, -0.1) is 0 Å². The quantitative estimate of drug-likeness (QED) is 0.647. The summed E-state index contributed by atoms with van der Waals surface area (Å²) >= 11 is 0. The fourth-order valence-electron chi connectivity index (χ4n) is 1.84. The fourth-order valence-corrected chi connectivity index (χ4v) is 1.84. The Kier molecular flexibility index (Phi) is 6.70. The minimum absolute atomic E-state index is 0.985. The van der Waals surface area contributed by atoms with Crippen LogP contribution < -0.4 is 5.32 Å².